The third-order valence-electron chi connectivity index (χ3n) is 2.92. The van der Waals surface area contributed by atoms with Crippen molar-refractivity contribution < 1.29 is 4.79 Å². The van der Waals surface area contributed by atoms with E-state index >= 15 is 0 Å². The summed E-state index contributed by atoms with van der Waals surface area (Å²) in [5.41, 5.74) is 3.48. The average molecular weight is 244 g/mol. The summed E-state index contributed by atoms with van der Waals surface area (Å²) in [4.78, 5) is 14.4. The summed E-state index contributed by atoms with van der Waals surface area (Å²) < 4.78 is 0. The molecule has 0 aliphatic carbocycles. The molecule has 1 aliphatic heterocycles. The number of carbonyl (C=O) groups excluding carboxylic acids is 1. The molecular formula is C13H12N2OS. The summed E-state index contributed by atoms with van der Waals surface area (Å²) >= 11 is 1.65. The molecule has 2 N–H and O–H groups in total. The number of aryl methyl sites for hydroxylation is 2. The van der Waals surface area contributed by atoms with Crippen LogP contribution in [0.3, 0.4) is 0 Å². The number of hydrogen-bond donors (Lipinski definition) is 2. The molecule has 2 aromatic rings. The van der Waals surface area contributed by atoms with Crippen LogP contribution in [0.25, 0.3) is 0 Å². The second-order valence-corrected chi connectivity index (χ2v) is 5.52. The minimum Gasteiger partial charge on any atom is -0.352 e. The highest BCUT2D eigenvalue weighted by molar-refractivity contribution is 7.12. The molecule has 0 saturated heterocycles. The monoisotopic (exact) mass is 244 g/mol. The predicted molar refractivity (Wildman–Crippen MR) is 71.5 cm³/mol. The Morgan fingerprint density at radius 2 is 1.65 bits per heavy atom. The fourth-order valence-corrected chi connectivity index (χ4v) is 3.14. The second kappa shape index (κ2) is 3.60. The van der Waals surface area contributed by atoms with Crippen LogP contribution < -0.4 is 10.6 Å². The van der Waals surface area contributed by atoms with Crippen molar-refractivity contribution in [2.45, 2.75) is 13.8 Å². The van der Waals surface area contributed by atoms with Crippen LogP contribution in [0.2, 0.25) is 0 Å². The van der Waals surface area contributed by atoms with E-state index in [-0.39, 0.29) is 5.91 Å². The van der Waals surface area contributed by atoms with Gasteiger partial charge in [0.1, 0.15) is 0 Å². The minimum absolute atomic E-state index is 0.0284. The number of thiophene rings is 1. The normalized spacial score (nSPS) is 13.2. The molecule has 1 amide bonds. The van der Waals surface area contributed by atoms with Crippen LogP contribution in [-0.2, 0) is 0 Å². The minimum atomic E-state index is -0.0284. The maximum Gasteiger partial charge on any atom is 0.258 e. The first-order valence-electron chi connectivity index (χ1n) is 5.44. The topological polar surface area (TPSA) is 41.1 Å². The second-order valence-electron chi connectivity index (χ2n) is 4.09. The first-order valence-corrected chi connectivity index (χ1v) is 6.26. The van der Waals surface area contributed by atoms with Gasteiger partial charge in [-0.2, -0.15) is 0 Å². The highest BCUT2D eigenvalue weighted by Crippen LogP contribution is 2.39. The first-order chi connectivity index (χ1) is 8.16. The highest BCUT2D eigenvalue weighted by atomic mass is 32.1. The maximum atomic E-state index is 12.2. The molecule has 3 rings (SSSR count). The molecule has 1 aromatic carbocycles. The molecule has 86 valence electrons. The third kappa shape index (κ3) is 1.52. The van der Waals surface area contributed by atoms with Crippen LogP contribution in [0.4, 0.5) is 17.1 Å². The molecule has 2 heterocycles. The number of fused-ring (bicyclic) bond motifs is 2. The quantitative estimate of drug-likeness (QED) is 0.742. The van der Waals surface area contributed by atoms with Crippen molar-refractivity contribution >= 4 is 34.3 Å². The van der Waals surface area contributed by atoms with Gasteiger partial charge in [0.2, 0.25) is 0 Å². The predicted octanol–water partition coefficient (Wildman–Crippen LogP) is 3.67. The fourth-order valence-electron chi connectivity index (χ4n) is 2.13. The van der Waals surface area contributed by atoms with Gasteiger partial charge in [0, 0.05) is 9.75 Å². The smallest absolute Gasteiger partial charge is 0.258 e. The average Bonchev–Trinajstić information content (AvgIpc) is 2.49. The van der Waals surface area contributed by atoms with Crippen molar-refractivity contribution in [1.29, 1.82) is 0 Å². The van der Waals surface area contributed by atoms with Crippen molar-refractivity contribution in [2.24, 2.45) is 0 Å². The van der Waals surface area contributed by atoms with Crippen LogP contribution in [-0.4, -0.2) is 5.91 Å². The van der Waals surface area contributed by atoms with Crippen LogP contribution in [0.1, 0.15) is 20.1 Å². The zero-order valence-corrected chi connectivity index (χ0v) is 10.4. The fraction of sp³-hybridized carbons (Fsp3) is 0.154. The lowest BCUT2D eigenvalue weighted by Gasteiger charge is -2.07. The SMILES string of the molecule is Cc1sc(C)c2c1Nc1ccccc1NC2=O. The molecular weight excluding hydrogens is 232 g/mol. The largest absolute Gasteiger partial charge is 0.352 e. The summed E-state index contributed by atoms with van der Waals surface area (Å²) in [6, 6.07) is 7.74. The van der Waals surface area contributed by atoms with Crippen molar-refractivity contribution in [3.8, 4) is 0 Å². The molecule has 0 radical (unpaired) electrons. The summed E-state index contributed by atoms with van der Waals surface area (Å²) in [6.07, 6.45) is 0. The van der Waals surface area contributed by atoms with Gasteiger partial charge in [-0.15, -0.1) is 11.3 Å². The highest BCUT2D eigenvalue weighted by Gasteiger charge is 2.24. The number of benzene rings is 1. The van der Waals surface area contributed by atoms with Gasteiger partial charge < -0.3 is 10.6 Å². The molecule has 0 bridgehead atoms. The van der Waals surface area contributed by atoms with Gasteiger partial charge in [-0.05, 0) is 26.0 Å². The third-order valence-corrected chi connectivity index (χ3v) is 3.94. The van der Waals surface area contributed by atoms with Crippen LogP contribution in [0, 0.1) is 13.8 Å². The zero-order valence-electron chi connectivity index (χ0n) is 9.63. The van der Waals surface area contributed by atoms with Gasteiger partial charge in [0.15, 0.2) is 0 Å². The van der Waals surface area contributed by atoms with Gasteiger partial charge in [-0.25, -0.2) is 0 Å². The Kier molecular flexibility index (Phi) is 2.19. The molecule has 17 heavy (non-hydrogen) atoms. The van der Waals surface area contributed by atoms with E-state index in [9.17, 15) is 4.79 Å². The number of para-hydroxylation sites is 2. The summed E-state index contributed by atoms with van der Waals surface area (Å²) in [5, 5.41) is 6.29. The zero-order chi connectivity index (χ0) is 12.0. The Morgan fingerprint density at radius 3 is 2.35 bits per heavy atom. The van der Waals surface area contributed by atoms with Crippen molar-refractivity contribution in [3.05, 3.63) is 39.6 Å². The molecule has 1 aliphatic rings. The van der Waals surface area contributed by atoms with E-state index in [1.54, 1.807) is 11.3 Å². The molecule has 4 heteroatoms. The van der Waals surface area contributed by atoms with Crippen LogP contribution in [0.5, 0.6) is 0 Å². The Balaban J connectivity index is 2.23. The van der Waals surface area contributed by atoms with Crippen LogP contribution in [0.15, 0.2) is 24.3 Å². The van der Waals surface area contributed by atoms with E-state index in [0.29, 0.717) is 0 Å². The Morgan fingerprint density at radius 1 is 1.00 bits per heavy atom. The summed E-state index contributed by atoms with van der Waals surface area (Å²) in [6.45, 7) is 4.01. The number of hydrogen-bond acceptors (Lipinski definition) is 3. The van der Waals surface area contributed by atoms with Crippen molar-refractivity contribution in [1.82, 2.24) is 0 Å². The lowest BCUT2D eigenvalue weighted by atomic mass is 10.2. The van der Waals surface area contributed by atoms with E-state index in [0.717, 1.165) is 32.4 Å². The van der Waals surface area contributed by atoms with E-state index in [1.165, 1.54) is 0 Å². The van der Waals surface area contributed by atoms with E-state index in [4.69, 9.17) is 0 Å². The van der Waals surface area contributed by atoms with Crippen molar-refractivity contribution in [3.63, 3.8) is 0 Å². The molecule has 0 unspecified atom stereocenters. The van der Waals surface area contributed by atoms with E-state index in [2.05, 4.69) is 10.6 Å². The molecule has 3 nitrogen and oxygen atoms in total. The van der Waals surface area contributed by atoms with Crippen LogP contribution >= 0.6 is 11.3 Å². The first kappa shape index (κ1) is 10.4. The van der Waals surface area contributed by atoms with Gasteiger partial charge in [-0.3, -0.25) is 4.79 Å². The standard InChI is InChI=1S/C13H12N2OS/c1-7-11-12(8(2)17-7)14-9-5-3-4-6-10(9)15-13(11)16/h3-6,14H,1-2H3,(H,15,16). The summed E-state index contributed by atoms with van der Waals surface area (Å²) in [7, 11) is 0. The van der Waals surface area contributed by atoms with Crippen molar-refractivity contribution in [2.75, 3.05) is 10.6 Å². The lowest BCUT2D eigenvalue weighted by Crippen LogP contribution is -2.10. The number of nitrogens with one attached hydrogen (secondary N) is 2. The Hall–Kier alpha value is -1.81. The maximum absolute atomic E-state index is 12.2. The molecule has 0 atom stereocenters. The Bertz CT molecular complexity index is 616. The van der Waals surface area contributed by atoms with Gasteiger partial charge >= 0.3 is 0 Å². The summed E-state index contributed by atoms with van der Waals surface area (Å²) in [5.74, 6) is -0.0284. The number of amides is 1. The van der Waals surface area contributed by atoms with Gasteiger partial charge in [0.25, 0.3) is 5.91 Å². The number of anilines is 3. The van der Waals surface area contributed by atoms with Gasteiger partial charge in [-0.1, -0.05) is 12.1 Å². The molecule has 1 aromatic heterocycles. The molecule has 0 fully saturated rings. The van der Waals surface area contributed by atoms with E-state index < -0.39 is 0 Å². The lowest BCUT2D eigenvalue weighted by molar-refractivity contribution is 0.102. The number of rotatable bonds is 0. The van der Waals surface area contributed by atoms with E-state index in [1.807, 2.05) is 38.1 Å². The molecule has 0 spiro atoms. The van der Waals surface area contributed by atoms with Gasteiger partial charge in [0.05, 0.1) is 22.6 Å². The number of carbonyl (C=O) groups is 1. The Labute approximate surface area is 103 Å². The molecule has 0 saturated carbocycles.